The summed E-state index contributed by atoms with van der Waals surface area (Å²) in [7, 11) is 1.63. The van der Waals surface area contributed by atoms with Gasteiger partial charge in [0.05, 0.1) is 19.1 Å². The topological polar surface area (TPSA) is 58.6 Å². The quantitative estimate of drug-likeness (QED) is 0.708. The first-order valence-corrected chi connectivity index (χ1v) is 10.6. The second kappa shape index (κ2) is 7.91. The summed E-state index contributed by atoms with van der Waals surface area (Å²) in [5.41, 5.74) is 4.60. The van der Waals surface area contributed by atoms with Gasteiger partial charge in [-0.2, -0.15) is 0 Å². The van der Waals surface area contributed by atoms with E-state index in [0.29, 0.717) is 18.7 Å². The lowest BCUT2D eigenvalue weighted by Gasteiger charge is -2.45. The summed E-state index contributed by atoms with van der Waals surface area (Å²) in [4.78, 5) is 28.8. The van der Waals surface area contributed by atoms with E-state index in [0.717, 1.165) is 28.9 Å². The lowest BCUT2D eigenvalue weighted by Crippen LogP contribution is -2.50. The molecule has 5 heteroatoms. The van der Waals surface area contributed by atoms with Crippen molar-refractivity contribution in [2.24, 2.45) is 0 Å². The zero-order chi connectivity index (χ0) is 21.4. The van der Waals surface area contributed by atoms with Crippen LogP contribution in [0.3, 0.4) is 0 Å². The molecule has 0 bridgehead atoms. The zero-order valence-corrected chi connectivity index (χ0v) is 17.4. The van der Waals surface area contributed by atoms with Crippen LogP contribution >= 0.6 is 0 Å². The fraction of sp³-hybridized carbons (Fsp3) is 0.231. The number of nitrogens with zero attached hydrogens (tertiary/aromatic N) is 1. The minimum atomic E-state index is -0.468. The molecule has 0 radical (unpaired) electrons. The normalized spacial score (nSPS) is 19.1. The summed E-state index contributed by atoms with van der Waals surface area (Å²) in [5, 5.41) is 3.11. The molecule has 2 heterocycles. The van der Waals surface area contributed by atoms with Crippen molar-refractivity contribution in [1.29, 1.82) is 0 Å². The number of methoxy groups -OCH3 is 1. The summed E-state index contributed by atoms with van der Waals surface area (Å²) in [5.74, 6) is 0.193. The highest BCUT2D eigenvalue weighted by Gasteiger charge is 2.46. The Hall–Kier alpha value is -3.60. The number of hydrogen-bond acceptors (Lipinski definition) is 3. The van der Waals surface area contributed by atoms with E-state index in [1.54, 1.807) is 7.11 Å². The Balaban J connectivity index is 1.54. The van der Waals surface area contributed by atoms with Gasteiger partial charge < -0.3 is 15.0 Å². The van der Waals surface area contributed by atoms with Gasteiger partial charge in [-0.15, -0.1) is 0 Å². The average Bonchev–Trinajstić information content (AvgIpc) is 2.83. The van der Waals surface area contributed by atoms with Gasteiger partial charge in [0.15, 0.2) is 0 Å². The van der Waals surface area contributed by atoms with Gasteiger partial charge in [-0.3, -0.25) is 9.59 Å². The predicted octanol–water partition coefficient (Wildman–Crippen LogP) is 3.85. The van der Waals surface area contributed by atoms with Gasteiger partial charge in [-0.25, -0.2) is 0 Å². The number of para-hydroxylation sites is 1. The molecule has 156 valence electrons. The Kier molecular flexibility index (Phi) is 4.94. The summed E-state index contributed by atoms with van der Waals surface area (Å²) in [6.45, 7) is 0.981. The predicted molar refractivity (Wildman–Crippen MR) is 118 cm³/mol. The first-order chi connectivity index (χ1) is 15.2. The van der Waals surface area contributed by atoms with Gasteiger partial charge in [-0.05, 0) is 35.2 Å². The molecule has 0 unspecified atom stereocenters. The second-order valence-corrected chi connectivity index (χ2v) is 7.99. The third-order valence-corrected chi connectivity index (χ3v) is 6.36. The number of hydrogen-bond donors (Lipinski definition) is 1. The Labute approximate surface area is 181 Å². The second-order valence-electron chi connectivity index (χ2n) is 7.99. The van der Waals surface area contributed by atoms with Crippen LogP contribution in [0.5, 0.6) is 5.75 Å². The van der Waals surface area contributed by atoms with Crippen molar-refractivity contribution in [1.82, 2.24) is 10.2 Å². The number of benzene rings is 3. The van der Waals surface area contributed by atoms with E-state index in [-0.39, 0.29) is 17.9 Å². The van der Waals surface area contributed by atoms with E-state index in [9.17, 15) is 9.59 Å². The van der Waals surface area contributed by atoms with Crippen LogP contribution in [-0.2, 0) is 17.8 Å². The third kappa shape index (κ3) is 3.26. The van der Waals surface area contributed by atoms with Crippen molar-refractivity contribution >= 4 is 11.8 Å². The molecule has 1 N–H and O–H groups in total. The lowest BCUT2D eigenvalue weighted by molar-refractivity contribution is -0.124. The van der Waals surface area contributed by atoms with Crippen LogP contribution in [0.1, 0.15) is 44.6 Å². The molecule has 0 saturated carbocycles. The molecule has 31 heavy (non-hydrogen) atoms. The smallest absolute Gasteiger partial charge is 0.254 e. The van der Waals surface area contributed by atoms with Crippen molar-refractivity contribution in [3.63, 3.8) is 0 Å². The zero-order valence-electron chi connectivity index (χ0n) is 17.4. The third-order valence-electron chi connectivity index (χ3n) is 6.36. The molecule has 3 aromatic carbocycles. The summed E-state index contributed by atoms with van der Waals surface area (Å²) >= 11 is 0. The first-order valence-electron chi connectivity index (χ1n) is 10.6. The van der Waals surface area contributed by atoms with E-state index in [1.165, 1.54) is 5.56 Å². The van der Waals surface area contributed by atoms with Crippen LogP contribution in [0.15, 0.2) is 72.8 Å². The van der Waals surface area contributed by atoms with E-state index < -0.39 is 5.92 Å². The molecule has 2 amide bonds. The highest BCUT2D eigenvalue weighted by Crippen LogP contribution is 2.45. The number of nitrogens with one attached hydrogen (secondary N) is 1. The largest absolute Gasteiger partial charge is 0.496 e. The Bertz CT molecular complexity index is 1160. The maximum atomic E-state index is 13.6. The van der Waals surface area contributed by atoms with Crippen LogP contribution in [0.25, 0.3) is 0 Å². The fourth-order valence-electron chi connectivity index (χ4n) is 4.90. The number of ether oxygens (including phenoxy) is 1. The number of fused-ring (bicyclic) bond motifs is 4. The molecule has 0 aromatic heterocycles. The van der Waals surface area contributed by atoms with Crippen LogP contribution < -0.4 is 10.1 Å². The maximum Gasteiger partial charge on any atom is 0.254 e. The monoisotopic (exact) mass is 412 g/mol. The minimum absolute atomic E-state index is 0.00359. The van der Waals surface area contributed by atoms with E-state index in [4.69, 9.17) is 4.74 Å². The molecule has 0 saturated heterocycles. The van der Waals surface area contributed by atoms with Crippen LogP contribution in [0.4, 0.5) is 0 Å². The number of carbonyl (C=O) groups is 2. The van der Waals surface area contributed by atoms with Gasteiger partial charge in [-0.1, -0.05) is 60.7 Å². The molecule has 3 aromatic rings. The molecular weight excluding hydrogens is 388 g/mol. The maximum absolute atomic E-state index is 13.6. The van der Waals surface area contributed by atoms with Crippen molar-refractivity contribution in [3.8, 4) is 5.75 Å². The summed E-state index contributed by atoms with van der Waals surface area (Å²) in [6.07, 6.45) is 0.802. The standard InChI is InChI=1S/C26H24N2O3/c1-31-22-13-7-3-9-18(22)16-27-25(29)23-20-11-5-6-12-21(20)26(30)28-15-14-17-8-2-4-10-19(17)24(23)28/h2-13,23-24H,14-16H2,1H3,(H,27,29)/t23-,24-/m0/s1. The van der Waals surface area contributed by atoms with Crippen molar-refractivity contribution in [3.05, 3.63) is 101 Å². The van der Waals surface area contributed by atoms with Gasteiger partial charge in [0.2, 0.25) is 5.91 Å². The Morgan fingerprint density at radius 2 is 1.71 bits per heavy atom. The number of amides is 2. The number of rotatable bonds is 4. The summed E-state index contributed by atoms with van der Waals surface area (Å²) < 4.78 is 5.42. The molecule has 5 rings (SSSR count). The molecule has 2 atom stereocenters. The molecule has 2 aliphatic heterocycles. The minimum Gasteiger partial charge on any atom is -0.496 e. The van der Waals surface area contributed by atoms with Crippen LogP contribution in [-0.4, -0.2) is 30.4 Å². The molecule has 0 aliphatic carbocycles. The van der Waals surface area contributed by atoms with Crippen molar-refractivity contribution < 1.29 is 14.3 Å². The SMILES string of the molecule is COc1ccccc1CNC(=O)[C@H]1c2ccccc2C(=O)N2CCc3ccccc3[C@@H]12. The van der Waals surface area contributed by atoms with Gasteiger partial charge in [0.25, 0.3) is 5.91 Å². The number of carbonyl (C=O) groups excluding carboxylic acids is 2. The first kappa shape index (κ1) is 19.4. The van der Waals surface area contributed by atoms with Gasteiger partial charge >= 0.3 is 0 Å². The molecule has 0 spiro atoms. The van der Waals surface area contributed by atoms with Crippen LogP contribution in [0, 0.1) is 0 Å². The van der Waals surface area contributed by atoms with Crippen molar-refractivity contribution in [2.45, 2.75) is 24.9 Å². The highest BCUT2D eigenvalue weighted by molar-refractivity contribution is 6.01. The fourth-order valence-corrected chi connectivity index (χ4v) is 4.90. The lowest BCUT2D eigenvalue weighted by atomic mass is 9.76. The molecule has 5 nitrogen and oxygen atoms in total. The Morgan fingerprint density at radius 3 is 2.55 bits per heavy atom. The molecule has 0 fully saturated rings. The Morgan fingerprint density at radius 1 is 1.00 bits per heavy atom. The van der Waals surface area contributed by atoms with Gasteiger partial charge in [0.1, 0.15) is 5.75 Å². The summed E-state index contributed by atoms with van der Waals surface area (Å²) in [6, 6.07) is 23.0. The molecule has 2 aliphatic rings. The van der Waals surface area contributed by atoms with Gasteiger partial charge in [0, 0.05) is 24.2 Å². The van der Waals surface area contributed by atoms with E-state index in [1.807, 2.05) is 71.6 Å². The average molecular weight is 412 g/mol. The van der Waals surface area contributed by atoms with E-state index >= 15 is 0 Å². The van der Waals surface area contributed by atoms with Crippen molar-refractivity contribution in [2.75, 3.05) is 13.7 Å². The highest BCUT2D eigenvalue weighted by atomic mass is 16.5. The molecular formula is C26H24N2O3. The van der Waals surface area contributed by atoms with E-state index in [2.05, 4.69) is 11.4 Å². The van der Waals surface area contributed by atoms with Crippen LogP contribution in [0.2, 0.25) is 0 Å².